The van der Waals surface area contributed by atoms with Crippen LogP contribution in [0.1, 0.15) is 20.3 Å². The Morgan fingerprint density at radius 2 is 1.92 bits per heavy atom. The molecule has 1 amide bonds. The first-order chi connectivity index (χ1) is 5.49. The molecule has 0 aromatic rings. The maximum Gasteiger partial charge on any atom is 0.306 e. The number of carbonyl (C=O) groups excluding carboxylic acids is 2. The summed E-state index contributed by atoms with van der Waals surface area (Å²) in [6.07, 6.45) is 0.0729. The van der Waals surface area contributed by atoms with Crippen LogP contribution in [0.5, 0.6) is 0 Å². The Bertz CT molecular complexity index is 177. The van der Waals surface area contributed by atoms with E-state index in [-0.39, 0.29) is 12.3 Å². The molecule has 0 bridgehead atoms. The molecular formula is C8H15NO3. The number of methoxy groups -OCH3 is 1. The second-order valence-corrected chi connectivity index (χ2v) is 3.03. The molecule has 12 heavy (non-hydrogen) atoms. The fourth-order valence-corrected chi connectivity index (χ4v) is 0.928. The van der Waals surface area contributed by atoms with Gasteiger partial charge in [-0.15, -0.1) is 0 Å². The highest BCUT2D eigenvalue weighted by Crippen LogP contribution is 2.14. The highest BCUT2D eigenvalue weighted by molar-refractivity contribution is 5.82. The van der Waals surface area contributed by atoms with Gasteiger partial charge in [0.05, 0.1) is 19.4 Å². The molecule has 0 spiro atoms. The van der Waals surface area contributed by atoms with Crippen LogP contribution in [0.25, 0.3) is 0 Å². The highest BCUT2D eigenvalue weighted by Gasteiger charge is 2.22. The Labute approximate surface area is 72.1 Å². The molecule has 4 heteroatoms. The number of ether oxygens (including phenoxy) is 1. The standard InChI is InChI=1S/C8H15NO3/c1-5(2)6(8(9)11)4-7(10)12-3/h5-6H,4H2,1-3H3,(H2,9,11)/t6-/m0/s1. The van der Waals surface area contributed by atoms with Crippen molar-refractivity contribution in [1.82, 2.24) is 0 Å². The van der Waals surface area contributed by atoms with Crippen molar-refractivity contribution in [1.29, 1.82) is 0 Å². The number of nitrogens with two attached hydrogens (primary N) is 1. The number of rotatable bonds is 4. The topological polar surface area (TPSA) is 69.4 Å². The van der Waals surface area contributed by atoms with Gasteiger partial charge in [-0.25, -0.2) is 0 Å². The Hall–Kier alpha value is -1.06. The first-order valence-corrected chi connectivity index (χ1v) is 3.85. The van der Waals surface area contributed by atoms with Gasteiger partial charge < -0.3 is 10.5 Å². The third-order valence-corrected chi connectivity index (χ3v) is 1.78. The second-order valence-electron chi connectivity index (χ2n) is 3.03. The van der Waals surface area contributed by atoms with E-state index >= 15 is 0 Å². The summed E-state index contributed by atoms with van der Waals surface area (Å²) >= 11 is 0. The molecule has 0 aliphatic rings. The minimum absolute atomic E-state index is 0.0709. The SMILES string of the molecule is COC(=O)C[C@H](C(N)=O)C(C)C. The van der Waals surface area contributed by atoms with E-state index in [1.165, 1.54) is 7.11 Å². The van der Waals surface area contributed by atoms with Crippen LogP contribution in [0.4, 0.5) is 0 Å². The molecule has 2 N–H and O–H groups in total. The van der Waals surface area contributed by atoms with E-state index < -0.39 is 17.8 Å². The minimum Gasteiger partial charge on any atom is -0.469 e. The molecule has 0 unspecified atom stereocenters. The van der Waals surface area contributed by atoms with Gasteiger partial charge in [-0.2, -0.15) is 0 Å². The van der Waals surface area contributed by atoms with Crippen LogP contribution < -0.4 is 5.73 Å². The van der Waals surface area contributed by atoms with Crippen LogP contribution in [0.3, 0.4) is 0 Å². The Kier molecular flexibility index (Phi) is 4.33. The summed E-state index contributed by atoms with van der Waals surface area (Å²) in [7, 11) is 1.29. The number of hydrogen-bond acceptors (Lipinski definition) is 3. The maximum absolute atomic E-state index is 10.8. The Balaban J connectivity index is 4.14. The van der Waals surface area contributed by atoms with Gasteiger partial charge >= 0.3 is 5.97 Å². The molecule has 4 nitrogen and oxygen atoms in total. The van der Waals surface area contributed by atoms with Gasteiger partial charge in [0.15, 0.2) is 0 Å². The zero-order chi connectivity index (χ0) is 9.72. The molecule has 1 atom stereocenters. The van der Waals surface area contributed by atoms with Crippen molar-refractivity contribution in [3.63, 3.8) is 0 Å². The van der Waals surface area contributed by atoms with Crippen molar-refractivity contribution in [2.75, 3.05) is 7.11 Å². The molecule has 0 fully saturated rings. The van der Waals surface area contributed by atoms with E-state index in [9.17, 15) is 9.59 Å². The van der Waals surface area contributed by atoms with Crippen LogP contribution in [-0.2, 0) is 14.3 Å². The lowest BCUT2D eigenvalue weighted by Gasteiger charge is -2.14. The average molecular weight is 173 g/mol. The van der Waals surface area contributed by atoms with E-state index in [0.717, 1.165) is 0 Å². The van der Waals surface area contributed by atoms with Crippen molar-refractivity contribution in [3.05, 3.63) is 0 Å². The number of esters is 1. The summed E-state index contributed by atoms with van der Waals surface area (Å²) in [6, 6.07) is 0. The fourth-order valence-electron chi connectivity index (χ4n) is 0.928. The molecule has 0 saturated carbocycles. The minimum atomic E-state index is -0.449. The first-order valence-electron chi connectivity index (χ1n) is 3.85. The second kappa shape index (κ2) is 4.74. The highest BCUT2D eigenvalue weighted by atomic mass is 16.5. The lowest BCUT2D eigenvalue weighted by molar-refractivity contribution is -0.144. The van der Waals surface area contributed by atoms with Crippen LogP contribution in [0.2, 0.25) is 0 Å². The Morgan fingerprint density at radius 3 is 2.17 bits per heavy atom. The normalized spacial score (nSPS) is 12.7. The quantitative estimate of drug-likeness (QED) is 0.622. The van der Waals surface area contributed by atoms with Gasteiger partial charge in [0.1, 0.15) is 0 Å². The summed E-state index contributed by atoms with van der Waals surface area (Å²) in [5.41, 5.74) is 5.09. The fraction of sp³-hybridized carbons (Fsp3) is 0.750. The summed E-state index contributed by atoms with van der Waals surface area (Å²) < 4.78 is 4.43. The van der Waals surface area contributed by atoms with Gasteiger partial charge in [-0.3, -0.25) is 9.59 Å². The lowest BCUT2D eigenvalue weighted by Crippen LogP contribution is -2.29. The molecule has 0 rings (SSSR count). The first kappa shape index (κ1) is 10.9. The van der Waals surface area contributed by atoms with Crippen molar-refractivity contribution in [2.45, 2.75) is 20.3 Å². The molecule has 0 aromatic carbocycles. The maximum atomic E-state index is 10.8. The Morgan fingerprint density at radius 1 is 1.42 bits per heavy atom. The van der Waals surface area contributed by atoms with E-state index in [0.29, 0.717) is 0 Å². The number of primary amides is 1. The van der Waals surface area contributed by atoms with E-state index in [1.807, 2.05) is 13.8 Å². The van der Waals surface area contributed by atoms with Crippen LogP contribution in [-0.4, -0.2) is 19.0 Å². The summed E-state index contributed by atoms with van der Waals surface area (Å²) in [6.45, 7) is 3.69. The largest absolute Gasteiger partial charge is 0.469 e. The molecule has 70 valence electrons. The van der Waals surface area contributed by atoms with Gasteiger partial charge in [0.25, 0.3) is 0 Å². The summed E-state index contributed by atoms with van der Waals surface area (Å²) in [4.78, 5) is 21.6. The van der Waals surface area contributed by atoms with Crippen LogP contribution >= 0.6 is 0 Å². The van der Waals surface area contributed by atoms with Crippen molar-refractivity contribution < 1.29 is 14.3 Å². The van der Waals surface area contributed by atoms with Crippen LogP contribution in [0, 0.1) is 11.8 Å². The summed E-state index contributed by atoms with van der Waals surface area (Å²) in [5.74, 6) is -1.19. The van der Waals surface area contributed by atoms with Crippen molar-refractivity contribution in [3.8, 4) is 0 Å². The van der Waals surface area contributed by atoms with Gasteiger partial charge in [0, 0.05) is 0 Å². The monoisotopic (exact) mass is 173 g/mol. The average Bonchev–Trinajstić information content (AvgIpc) is 1.98. The zero-order valence-electron chi connectivity index (χ0n) is 7.66. The van der Waals surface area contributed by atoms with E-state index in [2.05, 4.69) is 4.74 Å². The van der Waals surface area contributed by atoms with Crippen molar-refractivity contribution in [2.24, 2.45) is 17.6 Å². The zero-order valence-corrected chi connectivity index (χ0v) is 7.66. The number of carbonyl (C=O) groups is 2. The molecule has 0 radical (unpaired) electrons. The molecule has 0 aliphatic carbocycles. The van der Waals surface area contributed by atoms with Gasteiger partial charge in [-0.1, -0.05) is 13.8 Å². The molecular weight excluding hydrogens is 158 g/mol. The van der Waals surface area contributed by atoms with Gasteiger partial charge in [0.2, 0.25) is 5.91 Å². The summed E-state index contributed by atoms with van der Waals surface area (Å²) in [5, 5.41) is 0. The van der Waals surface area contributed by atoms with Crippen molar-refractivity contribution >= 4 is 11.9 Å². The smallest absolute Gasteiger partial charge is 0.306 e. The molecule has 0 heterocycles. The van der Waals surface area contributed by atoms with Crippen LogP contribution in [0.15, 0.2) is 0 Å². The lowest BCUT2D eigenvalue weighted by atomic mass is 9.92. The predicted octanol–water partition coefficient (Wildman–Crippen LogP) is 0.307. The molecule has 0 saturated heterocycles. The number of hydrogen-bond donors (Lipinski definition) is 1. The van der Waals surface area contributed by atoms with E-state index in [4.69, 9.17) is 5.73 Å². The van der Waals surface area contributed by atoms with Gasteiger partial charge in [-0.05, 0) is 5.92 Å². The molecule has 0 aliphatic heterocycles. The number of amides is 1. The third kappa shape index (κ3) is 3.37. The molecule has 0 aromatic heterocycles. The predicted molar refractivity (Wildman–Crippen MR) is 44.2 cm³/mol. The van der Waals surface area contributed by atoms with E-state index in [1.54, 1.807) is 0 Å². The third-order valence-electron chi connectivity index (χ3n) is 1.78.